The van der Waals surface area contributed by atoms with Gasteiger partial charge in [-0.05, 0) is 61.3 Å². The zero-order valence-electron chi connectivity index (χ0n) is 9.41. The summed E-state index contributed by atoms with van der Waals surface area (Å²) in [4.78, 5) is 2.44. The summed E-state index contributed by atoms with van der Waals surface area (Å²) in [6, 6.07) is 2.20. The number of likely N-dealkylation sites (tertiary alicyclic amines) is 1. The minimum atomic E-state index is 0.849. The lowest BCUT2D eigenvalue weighted by molar-refractivity contribution is 0.206. The summed E-state index contributed by atoms with van der Waals surface area (Å²) in [5.41, 5.74) is 1.42. The molecular formula is C12H20N2S. The molecule has 3 heteroatoms. The largest absolute Gasteiger partial charge is 0.312 e. The molecule has 0 bridgehead atoms. The van der Waals surface area contributed by atoms with Crippen molar-refractivity contribution in [2.75, 3.05) is 26.7 Å². The Morgan fingerprint density at radius 3 is 3.27 bits per heavy atom. The van der Waals surface area contributed by atoms with Crippen LogP contribution in [0.3, 0.4) is 0 Å². The van der Waals surface area contributed by atoms with E-state index in [4.69, 9.17) is 0 Å². The van der Waals surface area contributed by atoms with Gasteiger partial charge in [-0.2, -0.15) is 11.3 Å². The van der Waals surface area contributed by atoms with Gasteiger partial charge >= 0.3 is 0 Å². The van der Waals surface area contributed by atoms with E-state index >= 15 is 0 Å². The van der Waals surface area contributed by atoms with Crippen LogP contribution in [-0.4, -0.2) is 31.6 Å². The Morgan fingerprint density at radius 1 is 1.60 bits per heavy atom. The van der Waals surface area contributed by atoms with Crippen LogP contribution in [0.5, 0.6) is 0 Å². The number of nitrogens with one attached hydrogen (secondary N) is 1. The lowest BCUT2D eigenvalue weighted by Crippen LogP contribution is -2.37. The van der Waals surface area contributed by atoms with Crippen molar-refractivity contribution in [1.82, 2.24) is 10.2 Å². The van der Waals surface area contributed by atoms with Crippen LogP contribution in [0.15, 0.2) is 16.8 Å². The predicted octanol–water partition coefficient (Wildman–Crippen LogP) is 2.18. The lowest BCUT2D eigenvalue weighted by atomic mass is 9.98. The van der Waals surface area contributed by atoms with Crippen LogP contribution in [0.2, 0.25) is 0 Å². The molecule has 0 aliphatic carbocycles. The fraction of sp³-hybridized carbons (Fsp3) is 0.667. The molecule has 1 aromatic rings. The fourth-order valence-corrected chi connectivity index (χ4v) is 2.92. The van der Waals surface area contributed by atoms with E-state index < -0.39 is 0 Å². The molecule has 2 rings (SSSR count). The Morgan fingerprint density at radius 2 is 2.53 bits per heavy atom. The van der Waals surface area contributed by atoms with Gasteiger partial charge in [-0.25, -0.2) is 0 Å². The van der Waals surface area contributed by atoms with E-state index in [1.54, 1.807) is 11.3 Å². The van der Waals surface area contributed by atoms with Crippen LogP contribution in [0, 0.1) is 5.92 Å². The van der Waals surface area contributed by atoms with Crippen molar-refractivity contribution in [3.8, 4) is 0 Å². The molecule has 0 radical (unpaired) electrons. The normalized spacial score (nSPS) is 23.1. The molecule has 2 heterocycles. The van der Waals surface area contributed by atoms with Crippen molar-refractivity contribution in [2.45, 2.75) is 19.4 Å². The monoisotopic (exact) mass is 224 g/mol. The average Bonchev–Trinajstić information content (AvgIpc) is 2.71. The highest BCUT2D eigenvalue weighted by molar-refractivity contribution is 7.07. The number of hydrogen-bond donors (Lipinski definition) is 1. The van der Waals surface area contributed by atoms with E-state index in [9.17, 15) is 0 Å². The van der Waals surface area contributed by atoms with Gasteiger partial charge < -0.3 is 10.2 Å². The molecule has 15 heavy (non-hydrogen) atoms. The van der Waals surface area contributed by atoms with Crippen LogP contribution >= 0.6 is 11.3 Å². The molecule has 1 aliphatic rings. The molecule has 1 fully saturated rings. The van der Waals surface area contributed by atoms with Crippen molar-refractivity contribution in [3.63, 3.8) is 0 Å². The quantitative estimate of drug-likeness (QED) is 0.843. The first-order valence-corrected chi connectivity index (χ1v) is 6.69. The highest BCUT2D eigenvalue weighted by atomic mass is 32.1. The maximum Gasteiger partial charge on any atom is 0.0213 e. The second kappa shape index (κ2) is 5.64. The second-order valence-electron chi connectivity index (χ2n) is 4.53. The van der Waals surface area contributed by atoms with Crippen LogP contribution < -0.4 is 5.32 Å². The smallest absolute Gasteiger partial charge is 0.0213 e. The molecule has 1 aromatic heterocycles. The van der Waals surface area contributed by atoms with Gasteiger partial charge in [0.2, 0.25) is 0 Å². The molecular weight excluding hydrogens is 204 g/mol. The van der Waals surface area contributed by atoms with Gasteiger partial charge in [-0.15, -0.1) is 0 Å². The fourth-order valence-electron chi connectivity index (χ4n) is 2.25. The number of rotatable bonds is 4. The van der Waals surface area contributed by atoms with Gasteiger partial charge in [0, 0.05) is 13.1 Å². The summed E-state index contributed by atoms with van der Waals surface area (Å²) in [6.07, 6.45) is 2.75. The van der Waals surface area contributed by atoms with E-state index in [0.29, 0.717) is 0 Å². The van der Waals surface area contributed by atoms with Crippen LogP contribution in [0.1, 0.15) is 18.4 Å². The van der Waals surface area contributed by atoms with Gasteiger partial charge in [0.25, 0.3) is 0 Å². The summed E-state index contributed by atoms with van der Waals surface area (Å²) in [5.74, 6) is 0.849. The molecule has 1 atom stereocenters. The number of nitrogens with zero attached hydrogens (tertiary/aromatic N) is 1. The maximum absolute atomic E-state index is 3.56. The van der Waals surface area contributed by atoms with E-state index in [1.165, 1.54) is 38.0 Å². The van der Waals surface area contributed by atoms with Crippen molar-refractivity contribution in [1.29, 1.82) is 0 Å². The predicted molar refractivity (Wildman–Crippen MR) is 66.2 cm³/mol. The molecule has 0 saturated carbocycles. The average molecular weight is 224 g/mol. The van der Waals surface area contributed by atoms with Crippen LogP contribution in [0.25, 0.3) is 0 Å². The molecule has 1 unspecified atom stereocenters. The van der Waals surface area contributed by atoms with Gasteiger partial charge in [-0.3, -0.25) is 0 Å². The molecule has 1 aliphatic heterocycles. The van der Waals surface area contributed by atoms with Gasteiger partial charge in [0.1, 0.15) is 0 Å². The lowest BCUT2D eigenvalue weighted by Gasteiger charge is -2.29. The van der Waals surface area contributed by atoms with E-state index in [1.807, 2.05) is 0 Å². The number of hydrogen-bond acceptors (Lipinski definition) is 3. The third kappa shape index (κ3) is 3.59. The molecule has 0 aromatic carbocycles. The highest BCUT2D eigenvalue weighted by Gasteiger charge is 2.16. The van der Waals surface area contributed by atoms with Crippen molar-refractivity contribution >= 4 is 11.3 Å². The van der Waals surface area contributed by atoms with E-state index in [2.05, 4.69) is 34.1 Å². The second-order valence-corrected chi connectivity index (χ2v) is 5.31. The minimum absolute atomic E-state index is 0.849. The molecule has 2 nitrogen and oxygen atoms in total. The Hall–Kier alpha value is -0.380. The third-order valence-corrected chi connectivity index (χ3v) is 3.80. The SMILES string of the molecule is CN1CCCC(CNCc2ccsc2)C1. The molecule has 0 spiro atoms. The summed E-state index contributed by atoms with van der Waals surface area (Å²) < 4.78 is 0. The molecule has 0 amide bonds. The van der Waals surface area contributed by atoms with E-state index in [0.717, 1.165) is 12.5 Å². The summed E-state index contributed by atoms with van der Waals surface area (Å²) >= 11 is 1.78. The zero-order valence-corrected chi connectivity index (χ0v) is 10.2. The van der Waals surface area contributed by atoms with Crippen molar-refractivity contribution < 1.29 is 0 Å². The molecule has 1 saturated heterocycles. The van der Waals surface area contributed by atoms with Crippen LogP contribution in [0.4, 0.5) is 0 Å². The zero-order chi connectivity index (χ0) is 10.5. The Balaban J connectivity index is 1.65. The standard InChI is InChI=1S/C12H20N2S/c1-14-5-2-3-11(9-14)7-13-8-12-4-6-15-10-12/h4,6,10-11,13H,2-3,5,7-9H2,1H3. The van der Waals surface area contributed by atoms with Gasteiger partial charge in [0.15, 0.2) is 0 Å². The minimum Gasteiger partial charge on any atom is -0.312 e. The van der Waals surface area contributed by atoms with Gasteiger partial charge in [-0.1, -0.05) is 0 Å². The molecule has 84 valence electrons. The Labute approximate surface area is 96.3 Å². The first-order chi connectivity index (χ1) is 7.34. The first kappa shape index (κ1) is 11.1. The summed E-state index contributed by atoms with van der Waals surface area (Å²) in [5, 5.41) is 7.92. The summed E-state index contributed by atoms with van der Waals surface area (Å²) in [7, 11) is 2.23. The number of thiophene rings is 1. The highest BCUT2D eigenvalue weighted by Crippen LogP contribution is 2.14. The first-order valence-electron chi connectivity index (χ1n) is 5.75. The third-order valence-electron chi connectivity index (χ3n) is 3.06. The number of piperidine rings is 1. The topological polar surface area (TPSA) is 15.3 Å². The molecule has 1 N–H and O–H groups in total. The van der Waals surface area contributed by atoms with Crippen molar-refractivity contribution in [3.05, 3.63) is 22.4 Å². The van der Waals surface area contributed by atoms with Crippen molar-refractivity contribution in [2.24, 2.45) is 5.92 Å². The van der Waals surface area contributed by atoms with Gasteiger partial charge in [0.05, 0.1) is 0 Å². The summed E-state index contributed by atoms with van der Waals surface area (Å²) in [6.45, 7) is 4.74. The maximum atomic E-state index is 3.56. The van der Waals surface area contributed by atoms with E-state index in [-0.39, 0.29) is 0 Å². The Kier molecular flexibility index (Phi) is 4.18. The van der Waals surface area contributed by atoms with Crippen LogP contribution in [-0.2, 0) is 6.54 Å². The Bertz CT molecular complexity index is 271.